The molecule has 0 radical (unpaired) electrons. The number of hydrogen-bond acceptors (Lipinski definition) is 4. The molecule has 0 saturated heterocycles. The van der Waals surface area contributed by atoms with Crippen molar-refractivity contribution >= 4 is 22.5 Å². The summed E-state index contributed by atoms with van der Waals surface area (Å²) < 4.78 is 0. The molecule has 2 aromatic rings. The number of rotatable bonds is 5. The molecule has 0 aliphatic heterocycles. The van der Waals surface area contributed by atoms with E-state index in [1.807, 2.05) is 24.3 Å². The van der Waals surface area contributed by atoms with E-state index in [0.717, 1.165) is 16.7 Å². The maximum atomic E-state index is 12.4. The van der Waals surface area contributed by atoms with E-state index in [1.54, 1.807) is 6.20 Å². The highest BCUT2D eigenvalue weighted by atomic mass is 16.1. The van der Waals surface area contributed by atoms with Gasteiger partial charge in [-0.1, -0.05) is 31.2 Å². The van der Waals surface area contributed by atoms with Crippen LogP contribution in [0.4, 0.5) is 5.82 Å². The molecular weight excluding hydrogens is 264 g/mol. The van der Waals surface area contributed by atoms with Gasteiger partial charge >= 0.3 is 0 Å². The predicted octanol–water partition coefficient (Wildman–Crippen LogP) is 2.30. The zero-order valence-corrected chi connectivity index (χ0v) is 12.1. The first-order chi connectivity index (χ1) is 10.2. The van der Waals surface area contributed by atoms with Gasteiger partial charge in [-0.2, -0.15) is 0 Å². The number of pyridine rings is 1. The maximum absolute atomic E-state index is 12.4. The molecule has 1 unspecified atom stereocenters. The Morgan fingerprint density at radius 1 is 1.38 bits per heavy atom. The molecule has 1 fully saturated rings. The van der Waals surface area contributed by atoms with Gasteiger partial charge in [0.25, 0.3) is 5.91 Å². The van der Waals surface area contributed by atoms with E-state index in [4.69, 9.17) is 5.84 Å². The molecular formula is C16H20N4O. The van der Waals surface area contributed by atoms with Crippen LogP contribution in [0.1, 0.15) is 30.1 Å². The largest absolute Gasteiger partial charge is 0.352 e. The number of anilines is 1. The average Bonchev–Trinajstić information content (AvgIpc) is 3.36. The number of fused-ring (bicyclic) bond motifs is 1. The molecule has 4 N–H and O–H groups in total. The van der Waals surface area contributed by atoms with Crippen LogP contribution in [0.25, 0.3) is 10.8 Å². The Morgan fingerprint density at radius 2 is 2.10 bits per heavy atom. The number of benzene rings is 1. The predicted molar refractivity (Wildman–Crippen MR) is 83.8 cm³/mol. The third kappa shape index (κ3) is 2.83. The topological polar surface area (TPSA) is 80.0 Å². The zero-order valence-electron chi connectivity index (χ0n) is 12.1. The van der Waals surface area contributed by atoms with Crippen molar-refractivity contribution in [3.05, 3.63) is 36.0 Å². The van der Waals surface area contributed by atoms with Gasteiger partial charge in [0.1, 0.15) is 5.82 Å². The Labute approximate surface area is 123 Å². The number of amides is 1. The van der Waals surface area contributed by atoms with Crippen LogP contribution in [0.2, 0.25) is 0 Å². The van der Waals surface area contributed by atoms with E-state index in [0.29, 0.717) is 23.8 Å². The number of carbonyl (C=O) groups is 1. The smallest absolute Gasteiger partial charge is 0.253 e. The molecule has 5 nitrogen and oxygen atoms in total. The zero-order chi connectivity index (χ0) is 14.8. The van der Waals surface area contributed by atoms with Crippen LogP contribution < -0.4 is 16.6 Å². The molecule has 1 aromatic heterocycles. The summed E-state index contributed by atoms with van der Waals surface area (Å²) in [5, 5.41) is 4.73. The Bertz CT molecular complexity index is 666. The molecule has 1 aromatic carbocycles. The van der Waals surface area contributed by atoms with Gasteiger partial charge in [-0.3, -0.25) is 4.79 Å². The molecule has 1 heterocycles. The fourth-order valence-electron chi connectivity index (χ4n) is 2.67. The summed E-state index contributed by atoms with van der Waals surface area (Å²) in [5.74, 6) is 7.29. The fraction of sp³-hybridized carbons (Fsp3) is 0.375. The lowest BCUT2D eigenvalue weighted by Crippen LogP contribution is -2.29. The normalized spacial score (nSPS) is 15.7. The SMILES string of the molecule is CC(CNC(=O)c1cnc(NN)c2ccccc12)C1CC1. The summed E-state index contributed by atoms with van der Waals surface area (Å²) >= 11 is 0. The Kier molecular flexibility index (Phi) is 3.75. The van der Waals surface area contributed by atoms with Crippen LogP contribution in [0, 0.1) is 11.8 Å². The van der Waals surface area contributed by atoms with Crippen molar-refractivity contribution in [2.75, 3.05) is 12.0 Å². The second-order valence-electron chi connectivity index (χ2n) is 5.74. The van der Waals surface area contributed by atoms with Gasteiger partial charge in [0, 0.05) is 18.1 Å². The number of aromatic nitrogens is 1. The van der Waals surface area contributed by atoms with E-state index in [1.165, 1.54) is 12.8 Å². The molecule has 1 atom stereocenters. The van der Waals surface area contributed by atoms with Gasteiger partial charge in [0.15, 0.2) is 0 Å². The summed E-state index contributed by atoms with van der Waals surface area (Å²) in [5.41, 5.74) is 3.16. The fourth-order valence-corrected chi connectivity index (χ4v) is 2.67. The van der Waals surface area contributed by atoms with Crippen molar-refractivity contribution in [2.24, 2.45) is 17.7 Å². The Morgan fingerprint density at radius 3 is 2.76 bits per heavy atom. The number of carbonyl (C=O) groups excluding carboxylic acids is 1. The van der Waals surface area contributed by atoms with Gasteiger partial charge < -0.3 is 10.7 Å². The second-order valence-corrected chi connectivity index (χ2v) is 5.74. The molecule has 110 valence electrons. The number of nitrogens with two attached hydrogens (primary N) is 1. The highest BCUT2D eigenvalue weighted by Crippen LogP contribution is 2.36. The molecule has 0 spiro atoms. The van der Waals surface area contributed by atoms with Gasteiger partial charge in [0.2, 0.25) is 0 Å². The first-order valence-corrected chi connectivity index (χ1v) is 7.33. The van der Waals surface area contributed by atoms with E-state index in [9.17, 15) is 4.79 Å². The van der Waals surface area contributed by atoms with Gasteiger partial charge in [-0.15, -0.1) is 0 Å². The van der Waals surface area contributed by atoms with Gasteiger partial charge in [0.05, 0.1) is 5.56 Å². The third-order valence-corrected chi connectivity index (χ3v) is 4.19. The Balaban J connectivity index is 1.84. The first-order valence-electron chi connectivity index (χ1n) is 7.33. The molecule has 1 aliphatic carbocycles. The molecule has 1 amide bonds. The lowest BCUT2D eigenvalue weighted by Gasteiger charge is -2.13. The van der Waals surface area contributed by atoms with Gasteiger partial charge in [-0.05, 0) is 30.1 Å². The number of hydrogen-bond donors (Lipinski definition) is 3. The van der Waals surface area contributed by atoms with E-state index < -0.39 is 0 Å². The summed E-state index contributed by atoms with van der Waals surface area (Å²) in [6, 6.07) is 7.63. The van der Waals surface area contributed by atoms with Crippen molar-refractivity contribution < 1.29 is 4.79 Å². The Hall–Kier alpha value is -2.14. The van der Waals surface area contributed by atoms with E-state index in [-0.39, 0.29) is 5.91 Å². The summed E-state index contributed by atoms with van der Waals surface area (Å²) in [4.78, 5) is 16.6. The maximum Gasteiger partial charge on any atom is 0.253 e. The van der Waals surface area contributed by atoms with Crippen LogP contribution in [-0.2, 0) is 0 Å². The number of hydrazine groups is 1. The minimum Gasteiger partial charge on any atom is -0.352 e. The standard InChI is InChI=1S/C16H20N4O/c1-10(11-6-7-11)8-19-16(21)14-9-18-15(20-17)13-5-3-2-4-12(13)14/h2-5,9-11H,6-8,17H2,1H3,(H,18,20)(H,19,21). The quantitative estimate of drug-likeness (QED) is 0.581. The van der Waals surface area contributed by atoms with Crippen molar-refractivity contribution in [3.8, 4) is 0 Å². The minimum atomic E-state index is -0.0743. The summed E-state index contributed by atoms with van der Waals surface area (Å²) in [7, 11) is 0. The van der Waals surface area contributed by atoms with Crippen LogP contribution in [0.5, 0.6) is 0 Å². The molecule has 1 saturated carbocycles. The van der Waals surface area contributed by atoms with Crippen LogP contribution in [0.3, 0.4) is 0 Å². The lowest BCUT2D eigenvalue weighted by atomic mass is 10.0. The molecule has 21 heavy (non-hydrogen) atoms. The van der Waals surface area contributed by atoms with Crippen molar-refractivity contribution in [1.29, 1.82) is 0 Å². The van der Waals surface area contributed by atoms with Crippen LogP contribution in [-0.4, -0.2) is 17.4 Å². The number of nitrogens with one attached hydrogen (secondary N) is 2. The highest BCUT2D eigenvalue weighted by molar-refractivity contribution is 6.09. The second kappa shape index (κ2) is 5.69. The van der Waals surface area contributed by atoms with Crippen LogP contribution >= 0.6 is 0 Å². The molecule has 0 bridgehead atoms. The van der Waals surface area contributed by atoms with Crippen LogP contribution in [0.15, 0.2) is 30.5 Å². The number of nitrogen functional groups attached to an aromatic ring is 1. The van der Waals surface area contributed by atoms with Crippen molar-refractivity contribution in [3.63, 3.8) is 0 Å². The summed E-state index contributed by atoms with van der Waals surface area (Å²) in [6.07, 6.45) is 4.16. The van der Waals surface area contributed by atoms with E-state index >= 15 is 0 Å². The molecule has 5 heteroatoms. The van der Waals surface area contributed by atoms with E-state index in [2.05, 4.69) is 22.7 Å². The first kappa shape index (κ1) is 13.8. The monoisotopic (exact) mass is 284 g/mol. The highest BCUT2D eigenvalue weighted by Gasteiger charge is 2.28. The summed E-state index contributed by atoms with van der Waals surface area (Å²) in [6.45, 7) is 2.91. The van der Waals surface area contributed by atoms with Gasteiger partial charge in [-0.25, -0.2) is 10.8 Å². The minimum absolute atomic E-state index is 0.0743. The molecule has 3 rings (SSSR count). The lowest BCUT2D eigenvalue weighted by molar-refractivity contribution is 0.0948. The third-order valence-electron chi connectivity index (χ3n) is 4.19. The van der Waals surface area contributed by atoms with Crippen molar-refractivity contribution in [1.82, 2.24) is 10.3 Å². The van der Waals surface area contributed by atoms with Crippen molar-refractivity contribution in [2.45, 2.75) is 19.8 Å². The molecule has 1 aliphatic rings. The average molecular weight is 284 g/mol. The number of nitrogens with zero attached hydrogens (tertiary/aromatic N) is 1.